The SMILES string of the molecule is CC1CCN(c2c(F)cc(C(=N)N)cc2F)CC1. The molecule has 1 heterocycles. The monoisotopic (exact) mass is 253 g/mol. The highest BCUT2D eigenvalue weighted by molar-refractivity contribution is 5.95. The van der Waals surface area contributed by atoms with E-state index in [9.17, 15) is 8.78 Å². The van der Waals surface area contributed by atoms with Crippen LogP contribution in [0.1, 0.15) is 25.3 Å². The maximum absolute atomic E-state index is 13.9. The first-order valence-corrected chi connectivity index (χ1v) is 6.07. The van der Waals surface area contributed by atoms with Gasteiger partial charge in [-0.3, -0.25) is 5.41 Å². The molecule has 2 rings (SSSR count). The number of hydrogen-bond acceptors (Lipinski definition) is 2. The van der Waals surface area contributed by atoms with Gasteiger partial charge in [0.05, 0.1) is 0 Å². The molecule has 3 N–H and O–H groups in total. The Morgan fingerprint density at radius 2 is 1.78 bits per heavy atom. The zero-order valence-electron chi connectivity index (χ0n) is 10.3. The average molecular weight is 253 g/mol. The van der Waals surface area contributed by atoms with Crippen molar-refractivity contribution in [2.75, 3.05) is 18.0 Å². The molecule has 0 saturated carbocycles. The van der Waals surface area contributed by atoms with Gasteiger partial charge in [-0.15, -0.1) is 0 Å². The smallest absolute Gasteiger partial charge is 0.150 e. The highest BCUT2D eigenvalue weighted by atomic mass is 19.1. The first-order chi connectivity index (χ1) is 8.49. The Morgan fingerprint density at radius 1 is 1.28 bits per heavy atom. The highest BCUT2D eigenvalue weighted by Gasteiger charge is 2.22. The molecular formula is C13H17F2N3. The van der Waals surface area contributed by atoms with Crippen molar-refractivity contribution in [3.05, 3.63) is 29.3 Å². The summed E-state index contributed by atoms with van der Waals surface area (Å²) in [5.41, 5.74) is 5.32. The van der Waals surface area contributed by atoms with Gasteiger partial charge in [0.15, 0.2) is 0 Å². The molecule has 0 aliphatic carbocycles. The number of rotatable bonds is 2. The van der Waals surface area contributed by atoms with E-state index in [2.05, 4.69) is 6.92 Å². The summed E-state index contributed by atoms with van der Waals surface area (Å²) in [6, 6.07) is 2.25. The second-order valence-electron chi connectivity index (χ2n) is 4.87. The molecule has 1 aromatic carbocycles. The minimum absolute atomic E-state index is 0.00639. The molecule has 0 bridgehead atoms. The van der Waals surface area contributed by atoms with Crippen LogP contribution >= 0.6 is 0 Å². The lowest BCUT2D eigenvalue weighted by atomic mass is 9.98. The van der Waals surface area contributed by atoms with E-state index in [0.717, 1.165) is 25.0 Å². The molecule has 1 fully saturated rings. The lowest BCUT2D eigenvalue weighted by Gasteiger charge is -2.32. The quantitative estimate of drug-likeness (QED) is 0.628. The van der Waals surface area contributed by atoms with Crippen LogP contribution in [0, 0.1) is 23.0 Å². The summed E-state index contributed by atoms with van der Waals surface area (Å²) in [5, 5.41) is 7.20. The van der Waals surface area contributed by atoms with Crippen molar-refractivity contribution in [1.82, 2.24) is 0 Å². The molecule has 1 saturated heterocycles. The van der Waals surface area contributed by atoms with E-state index in [-0.39, 0.29) is 17.1 Å². The summed E-state index contributed by atoms with van der Waals surface area (Å²) in [7, 11) is 0. The van der Waals surface area contributed by atoms with Crippen molar-refractivity contribution in [1.29, 1.82) is 5.41 Å². The van der Waals surface area contributed by atoms with Crippen molar-refractivity contribution in [2.24, 2.45) is 11.7 Å². The molecule has 0 amide bonds. The summed E-state index contributed by atoms with van der Waals surface area (Å²) in [5.74, 6) is -1.01. The van der Waals surface area contributed by atoms with Gasteiger partial charge in [0, 0.05) is 18.7 Å². The largest absolute Gasteiger partial charge is 0.384 e. The van der Waals surface area contributed by atoms with Crippen LogP contribution < -0.4 is 10.6 Å². The van der Waals surface area contributed by atoms with Crippen LogP contribution in [0.5, 0.6) is 0 Å². The summed E-state index contributed by atoms with van der Waals surface area (Å²) in [6.45, 7) is 3.46. The van der Waals surface area contributed by atoms with E-state index >= 15 is 0 Å². The topological polar surface area (TPSA) is 53.1 Å². The predicted molar refractivity (Wildman–Crippen MR) is 68.0 cm³/mol. The van der Waals surface area contributed by atoms with Crippen LogP contribution in [0.15, 0.2) is 12.1 Å². The van der Waals surface area contributed by atoms with Gasteiger partial charge in [0.1, 0.15) is 23.2 Å². The maximum atomic E-state index is 13.9. The Hall–Kier alpha value is -1.65. The van der Waals surface area contributed by atoms with E-state index in [1.807, 2.05) is 0 Å². The fraction of sp³-hybridized carbons (Fsp3) is 0.462. The van der Waals surface area contributed by atoms with E-state index in [0.29, 0.717) is 19.0 Å². The summed E-state index contributed by atoms with van der Waals surface area (Å²) < 4.78 is 27.8. The number of nitrogen functional groups attached to an aromatic ring is 1. The predicted octanol–water partition coefficient (Wildman–Crippen LogP) is 2.49. The van der Waals surface area contributed by atoms with E-state index in [4.69, 9.17) is 11.1 Å². The van der Waals surface area contributed by atoms with Crippen molar-refractivity contribution in [2.45, 2.75) is 19.8 Å². The number of nitrogens with zero attached hydrogens (tertiary/aromatic N) is 1. The number of anilines is 1. The normalized spacial score (nSPS) is 16.9. The molecule has 3 nitrogen and oxygen atoms in total. The van der Waals surface area contributed by atoms with Gasteiger partial charge in [-0.05, 0) is 30.9 Å². The van der Waals surface area contributed by atoms with Crippen LogP contribution in [-0.2, 0) is 0 Å². The summed E-state index contributed by atoms with van der Waals surface area (Å²) in [4.78, 5) is 1.73. The molecule has 0 spiro atoms. The Bertz CT molecular complexity index is 442. The second-order valence-corrected chi connectivity index (χ2v) is 4.87. The van der Waals surface area contributed by atoms with Gasteiger partial charge in [-0.1, -0.05) is 6.92 Å². The van der Waals surface area contributed by atoms with Crippen molar-refractivity contribution < 1.29 is 8.78 Å². The molecule has 18 heavy (non-hydrogen) atoms. The van der Waals surface area contributed by atoms with Gasteiger partial charge in [-0.25, -0.2) is 8.78 Å². The van der Waals surface area contributed by atoms with Gasteiger partial charge in [0.2, 0.25) is 0 Å². The highest BCUT2D eigenvalue weighted by Crippen LogP contribution is 2.28. The van der Waals surface area contributed by atoms with Gasteiger partial charge in [-0.2, -0.15) is 0 Å². The molecule has 0 aromatic heterocycles. The zero-order chi connectivity index (χ0) is 13.3. The van der Waals surface area contributed by atoms with Crippen molar-refractivity contribution in [3.8, 4) is 0 Å². The zero-order valence-corrected chi connectivity index (χ0v) is 10.3. The fourth-order valence-electron chi connectivity index (χ4n) is 2.26. The van der Waals surface area contributed by atoms with E-state index in [1.54, 1.807) is 4.90 Å². The van der Waals surface area contributed by atoms with Crippen LogP contribution in [0.2, 0.25) is 0 Å². The van der Waals surface area contributed by atoms with Crippen LogP contribution in [0.4, 0.5) is 14.5 Å². The van der Waals surface area contributed by atoms with Crippen LogP contribution in [0.25, 0.3) is 0 Å². The molecule has 1 aromatic rings. The molecule has 0 radical (unpaired) electrons. The third kappa shape index (κ3) is 2.44. The van der Waals surface area contributed by atoms with Crippen LogP contribution in [-0.4, -0.2) is 18.9 Å². The Kier molecular flexibility index (Phi) is 3.50. The molecule has 0 unspecified atom stereocenters. The summed E-state index contributed by atoms with van der Waals surface area (Å²) in [6.07, 6.45) is 1.88. The molecule has 5 heteroatoms. The Labute approximate surface area is 105 Å². The number of hydrogen-bond donors (Lipinski definition) is 2. The number of benzene rings is 1. The molecule has 1 aliphatic rings. The molecule has 98 valence electrons. The van der Waals surface area contributed by atoms with Crippen molar-refractivity contribution in [3.63, 3.8) is 0 Å². The van der Waals surface area contributed by atoms with Gasteiger partial charge in [0.25, 0.3) is 0 Å². The van der Waals surface area contributed by atoms with Crippen molar-refractivity contribution >= 4 is 11.5 Å². The first kappa shape index (κ1) is 12.8. The lowest BCUT2D eigenvalue weighted by Crippen LogP contribution is -2.34. The lowest BCUT2D eigenvalue weighted by molar-refractivity contribution is 0.429. The first-order valence-electron chi connectivity index (χ1n) is 6.07. The molecule has 0 atom stereocenters. The molecule has 1 aliphatic heterocycles. The standard InChI is InChI=1S/C13H17F2N3/c1-8-2-4-18(5-3-8)12-10(14)6-9(13(16)17)7-11(12)15/h6-8H,2-5H2,1H3,(H3,16,17). The van der Waals surface area contributed by atoms with E-state index in [1.165, 1.54) is 0 Å². The van der Waals surface area contributed by atoms with Gasteiger partial charge >= 0.3 is 0 Å². The third-order valence-electron chi connectivity index (χ3n) is 3.43. The second kappa shape index (κ2) is 4.92. The number of piperidine rings is 1. The minimum atomic E-state index is -0.644. The number of amidine groups is 1. The van der Waals surface area contributed by atoms with Crippen LogP contribution in [0.3, 0.4) is 0 Å². The molecular weight excluding hydrogens is 236 g/mol. The Morgan fingerprint density at radius 3 is 2.22 bits per heavy atom. The summed E-state index contributed by atoms with van der Waals surface area (Å²) >= 11 is 0. The fourth-order valence-corrected chi connectivity index (χ4v) is 2.26. The number of halogens is 2. The van der Waals surface area contributed by atoms with E-state index < -0.39 is 11.6 Å². The average Bonchev–Trinajstić information content (AvgIpc) is 2.30. The minimum Gasteiger partial charge on any atom is -0.384 e. The Balaban J connectivity index is 2.31. The number of nitrogens with two attached hydrogens (primary N) is 1. The third-order valence-corrected chi connectivity index (χ3v) is 3.43. The van der Waals surface area contributed by atoms with Gasteiger partial charge < -0.3 is 10.6 Å². The number of nitrogens with one attached hydrogen (secondary N) is 1. The maximum Gasteiger partial charge on any atom is 0.150 e.